The smallest absolute Gasteiger partial charge is 0.253 e. The number of rotatable bonds is 16. The van der Waals surface area contributed by atoms with E-state index in [2.05, 4.69) is 10.6 Å². The maximum Gasteiger partial charge on any atom is 0.253 e. The lowest BCUT2D eigenvalue weighted by molar-refractivity contribution is -0.0212. The van der Waals surface area contributed by atoms with Crippen molar-refractivity contribution in [2.24, 2.45) is 5.73 Å². The van der Waals surface area contributed by atoms with Gasteiger partial charge in [-0.25, -0.2) is 8.78 Å². The van der Waals surface area contributed by atoms with Crippen LogP contribution < -0.4 is 16.4 Å². The Kier molecular flexibility index (Phi) is 13.7. The number of benzene rings is 3. The van der Waals surface area contributed by atoms with Crippen molar-refractivity contribution in [2.45, 2.75) is 63.8 Å². The number of aliphatic hydroxyl groups excluding tert-OH is 2. The highest BCUT2D eigenvalue weighted by Crippen LogP contribution is 2.19. The fraction of sp³-hybridized carbons (Fsp3) is 0.343. The van der Waals surface area contributed by atoms with Crippen LogP contribution in [0.15, 0.2) is 66.7 Å². The standard InChI is InChI=1S/C35H39F2N5O6/c1-3-12-42(13-4-2)35(48)25-18-23(32(39)45)17-24(19-25)34(47)41-29(16-21-14-26(36)20-27(37)15-21)31(44)30(43)28(10-11-38)40-33(46)22-8-6-5-7-9-22/h5-9,14-15,17-20,28-31,43-44H,3-4,10,12-13,16H2,1-2H3,(H2,39,45)(H,40,46)(H,41,47)/t28-,29+,30-,31-/m1/s1. The van der Waals surface area contributed by atoms with E-state index in [1.54, 1.807) is 23.1 Å². The molecule has 0 heterocycles. The number of aliphatic hydroxyl groups is 2. The minimum atomic E-state index is -1.90. The average molecular weight is 664 g/mol. The third-order valence-electron chi connectivity index (χ3n) is 7.53. The molecule has 0 spiro atoms. The summed E-state index contributed by atoms with van der Waals surface area (Å²) in [6.07, 6.45) is -3.28. The van der Waals surface area contributed by atoms with Gasteiger partial charge in [-0.05, 0) is 67.3 Å². The molecule has 11 nitrogen and oxygen atoms in total. The fourth-order valence-electron chi connectivity index (χ4n) is 5.23. The first-order chi connectivity index (χ1) is 22.9. The van der Waals surface area contributed by atoms with Crippen LogP contribution in [0.25, 0.3) is 0 Å². The lowest BCUT2D eigenvalue weighted by atomic mass is 9.92. The first-order valence-electron chi connectivity index (χ1n) is 15.5. The second kappa shape index (κ2) is 17.7. The molecule has 3 aromatic carbocycles. The van der Waals surface area contributed by atoms with Crippen molar-refractivity contribution in [2.75, 3.05) is 13.1 Å². The zero-order chi connectivity index (χ0) is 35.4. The van der Waals surface area contributed by atoms with Crippen molar-refractivity contribution in [3.8, 4) is 6.07 Å². The first-order valence-corrected chi connectivity index (χ1v) is 15.5. The molecule has 48 heavy (non-hydrogen) atoms. The molecule has 0 aromatic heterocycles. The molecule has 0 aliphatic carbocycles. The second-order valence-corrected chi connectivity index (χ2v) is 11.3. The predicted octanol–water partition coefficient (Wildman–Crippen LogP) is 3.10. The predicted molar refractivity (Wildman–Crippen MR) is 173 cm³/mol. The molecule has 0 aliphatic heterocycles. The van der Waals surface area contributed by atoms with Crippen molar-refractivity contribution < 1.29 is 38.2 Å². The Bertz CT molecular complexity index is 1620. The second-order valence-electron chi connectivity index (χ2n) is 11.3. The molecule has 6 N–H and O–H groups in total. The van der Waals surface area contributed by atoms with Crippen LogP contribution in [0.3, 0.4) is 0 Å². The zero-order valence-electron chi connectivity index (χ0n) is 26.7. The quantitative estimate of drug-likeness (QED) is 0.156. The van der Waals surface area contributed by atoms with Gasteiger partial charge >= 0.3 is 0 Å². The number of nitrogens with one attached hydrogen (secondary N) is 2. The van der Waals surface area contributed by atoms with E-state index in [-0.39, 0.29) is 27.8 Å². The summed E-state index contributed by atoms with van der Waals surface area (Å²) >= 11 is 0. The zero-order valence-corrected chi connectivity index (χ0v) is 26.7. The van der Waals surface area contributed by atoms with E-state index >= 15 is 0 Å². The number of carbonyl (C=O) groups is 4. The Hall–Kier alpha value is -5.19. The molecule has 4 amide bonds. The topological polar surface area (TPSA) is 186 Å². The molecule has 0 fully saturated rings. The number of nitrogens with two attached hydrogens (primary N) is 1. The molecule has 0 saturated carbocycles. The number of halogens is 2. The van der Waals surface area contributed by atoms with E-state index in [1.807, 2.05) is 19.9 Å². The first kappa shape index (κ1) is 37.3. The summed E-state index contributed by atoms with van der Waals surface area (Å²) in [6.45, 7) is 4.65. The summed E-state index contributed by atoms with van der Waals surface area (Å²) in [4.78, 5) is 53.6. The van der Waals surface area contributed by atoms with Crippen molar-refractivity contribution >= 4 is 23.6 Å². The fourth-order valence-corrected chi connectivity index (χ4v) is 5.23. The summed E-state index contributed by atoms with van der Waals surface area (Å²) < 4.78 is 28.2. The molecule has 0 bridgehead atoms. The van der Waals surface area contributed by atoms with E-state index in [0.717, 1.165) is 18.2 Å². The SMILES string of the molecule is CCCN(CCC)C(=O)c1cc(C(N)=O)cc(C(=O)N[C@@H](Cc2cc(F)cc(F)c2)[C@@H](O)[C@H](O)[C@@H](CC#N)NC(=O)c2ccccc2)c1. The van der Waals surface area contributed by atoms with Gasteiger partial charge < -0.3 is 31.5 Å². The van der Waals surface area contributed by atoms with Crippen molar-refractivity contribution in [1.82, 2.24) is 15.5 Å². The van der Waals surface area contributed by atoms with Gasteiger partial charge in [-0.3, -0.25) is 19.2 Å². The van der Waals surface area contributed by atoms with E-state index in [4.69, 9.17) is 5.73 Å². The third kappa shape index (κ3) is 10.2. The summed E-state index contributed by atoms with van der Waals surface area (Å²) in [7, 11) is 0. The lowest BCUT2D eigenvalue weighted by Crippen LogP contribution is -2.56. The normalized spacial score (nSPS) is 13.4. The molecule has 3 rings (SSSR count). The maximum absolute atomic E-state index is 14.1. The number of nitrogens with zero attached hydrogens (tertiary/aromatic N) is 2. The van der Waals surface area contributed by atoms with E-state index in [1.165, 1.54) is 24.3 Å². The largest absolute Gasteiger partial charge is 0.388 e. The van der Waals surface area contributed by atoms with Gasteiger partial charge in [0.1, 0.15) is 23.8 Å². The average Bonchev–Trinajstić information content (AvgIpc) is 3.06. The Labute approximate surface area is 277 Å². The molecule has 0 unspecified atom stereocenters. The van der Waals surface area contributed by atoms with E-state index in [0.29, 0.717) is 32.0 Å². The Morgan fingerprint density at radius 2 is 1.31 bits per heavy atom. The van der Waals surface area contributed by atoms with Crippen LogP contribution >= 0.6 is 0 Å². The maximum atomic E-state index is 14.1. The number of carbonyl (C=O) groups excluding carboxylic acids is 4. The van der Waals surface area contributed by atoms with Gasteiger partial charge in [0.25, 0.3) is 17.7 Å². The Balaban J connectivity index is 1.99. The highest BCUT2D eigenvalue weighted by atomic mass is 19.1. The van der Waals surface area contributed by atoms with Crippen LogP contribution in [0.1, 0.15) is 80.1 Å². The number of hydrogen-bond donors (Lipinski definition) is 5. The Morgan fingerprint density at radius 1 is 0.792 bits per heavy atom. The van der Waals surface area contributed by atoms with Crippen LogP contribution in [0, 0.1) is 23.0 Å². The van der Waals surface area contributed by atoms with Crippen LogP contribution in [0.5, 0.6) is 0 Å². The van der Waals surface area contributed by atoms with Crippen molar-refractivity contribution in [3.05, 3.63) is 106 Å². The molecule has 3 aromatic rings. The molecule has 4 atom stereocenters. The number of nitriles is 1. The highest BCUT2D eigenvalue weighted by Gasteiger charge is 2.35. The minimum absolute atomic E-state index is 0.00531. The van der Waals surface area contributed by atoms with Crippen LogP contribution in [-0.4, -0.2) is 76.1 Å². The van der Waals surface area contributed by atoms with Gasteiger partial charge in [0.2, 0.25) is 5.91 Å². The van der Waals surface area contributed by atoms with Crippen LogP contribution in [-0.2, 0) is 6.42 Å². The third-order valence-corrected chi connectivity index (χ3v) is 7.53. The number of primary amides is 1. The van der Waals surface area contributed by atoms with E-state index in [9.17, 15) is 43.4 Å². The monoisotopic (exact) mass is 663 g/mol. The van der Waals surface area contributed by atoms with E-state index < -0.39 is 72.4 Å². The Morgan fingerprint density at radius 3 is 1.88 bits per heavy atom. The molecule has 0 saturated heterocycles. The van der Waals surface area contributed by atoms with Crippen LogP contribution in [0.2, 0.25) is 0 Å². The summed E-state index contributed by atoms with van der Waals surface area (Å²) in [5, 5.41) is 37.0. The molecule has 254 valence electrons. The van der Waals surface area contributed by atoms with Gasteiger partial charge in [0.15, 0.2) is 0 Å². The summed E-state index contributed by atoms with van der Waals surface area (Å²) in [5.41, 5.74) is 5.42. The van der Waals surface area contributed by atoms with Gasteiger partial charge in [-0.2, -0.15) is 5.26 Å². The van der Waals surface area contributed by atoms with Crippen molar-refractivity contribution in [3.63, 3.8) is 0 Å². The van der Waals surface area contributed by atoms with Gasteiger partial charge in [-0.1, -0.05) is 32.0 Å². The van der Waals surface area contributed by atoms with Crippen molar-refractivity contribution in [1.29, 1.82) is 5.26 Å². The molecule has 13 heteroatoms. The number of amides is 4. The molecular weight excluding hydrogens is 624 g/mol. The number of hydrogen-bond acceptors (Lipinski definition) is 7. The molecule has 0 aliphatic rings. The van der Waals surface area contributed by atoms with Crippen LogP contribution in [0.4, 0.5) is 8.78 Å². The van der Waals surface area contributed by atoms with Gasteiger partial charge in [-0.15, -0.1) is 0 Å². The lowest BCUT2D eigenvalue weighted by Gasteiger charge is -2.32. The summed E-state index contributed by atoms with van der Waals surface area (Å²) in [6, 6.07) is 13.2. The van der Waals surface area contributed by atoms with Gasteiger partial charge in [0, 0.05) is 41.4 Å². The minimum Gasteiger partial charge on any atom is -0.388 e. The molecular formula is C35H39F2N5O6. The van der Waals surface area contributed by atoms with Gasteiger partial charge in [0.05, 0.1) is 24.6 Å². The highest BCUT2D eigenvalue weighted by molar-refractivity contribution is 6.04. The molecule has 0 radical (unpaired) electrons. The summed E-state index contributed by atoms with van der Waals surface area (Å²) in [5.74, 6) is -4.76.